The van der Waals surface area contributed by atoms with Crippen molar-refractivity contribution < 1.29 is 4.74 Å². The summed E-state index contributed by atoms with van der Waals surface area (Å²) < 4.78 is 5.83. The van der Waals surface area contributed by atoms with Gasteiger partial charge in [0.25, 0.3) is 0 Å². The first-order valence-corrected chi connectivity index (χ1v) is 7.50. The Labute approximate surface area is 117 Å². The van der Waals surface area contributed by atoms with Crippen LogP contribution in [-0.4, -0.2) is 18.8 Å². The third-order valence-corrected chi connectivity index (χ3v) is 4.12. The molecule has 0 spiro atoms. The van der Waals surface area contributed by atoms with Crippen molar-refractivity contribution in [2.24, 2.45) is 5.92 Å². The fraction of sp³-hybridized carbons (Fsp3) is 0.647. The average Bonchev–Trinajstić information content (AvgIpc) is 2.39. The van der Waals surface area contributed by atoms with Crippen molar-refractivity contribution in [3.8, 4) is 0 Å². The Hall–Kier alpha value is -0.860. The summed E-state index contributed by atoms with van der Waals surface area (Å²) in [6, 6.07) is 9.83. The van der Waals surface area contributed by atoms with Gasteiger partial charge in [0.05, 0.1) is 6.10 Å². The van der Waals surface area contributed by atoms with E-state index in [0.29, 0.717) is 24.1 Å². The predicted molar refractivity (Wildman–Crippen MR) is 80.3 cm³/mol. The van der Waals surface area contributed by atoms with Crippen LogP contribution in [0.25, 0.3) is 0 Å². The van der Waals surface area contributed by atoms with E-state index in [0.717, 1.165) is 19.4 Å². The molecular weight excluding hydrogens is 234 g/mol. The fourth-order valence-corrected chi connectivity index (χ4v) is 2.75. The summed E-state index contributed by atoms with van der Waals surface area (Å²) in [6.07, 6.45) is 2.67. The molecule has 1 N–H and O–H groups in total. The Morgan fingerprint density at radius 1 is 1.16 bits per heavy atom. The van der Waals surface area contributed by atoms with E-state index in [-0.39, 0.29) is 0 Å². The third-order valence-electron chi connectivity index (χ3n) is 4.12. The highest BCUT2D eigenvalue weighted by Gasteiger charge is 2.25. The largest absolute Gasteiger partial charge is 0.378 e. The molecule has 0 radical (unpaired) electrons. The lowest BCUT2D eigenvalue weighted by molar-refractivity contribution is -0.0256. The van der Waals surface area contributed by atoms with Crippen LogP contribution in [0.1, 0.15) is 50.8 Å². The van der Waals surface area contributed by atoms with E-state index in [9.17, 15) is 0 Å². The van der Waals surface area contributed by atoms with E-state index in [2.05, 4.69) is 57.3 Å². The molecule has 2 heteroatoms. The van der Waals surface area contributed by atoms with Crippen LogP contribution < -0.4 is 5.32 Å². The van der Waals surface area contributed by atoms with Gasteiger partial charge in [0, 0.05) is 18.7 Å². The smallest absolute Gasteiger partial charge is 0.0612 e. The van der Waals surface area contributed by atoms with E-state index in [1.165, 1.54) is 11.1 Å². The van der Waals surface area contributed by atoms with Crippen molar-refractivity contribution in [3.63, 3.8) is 0 Å². The lowest BCUT2D eigenvalue weighted by atomic mass is 9.94. The lowest BCUT2D eigenvalue weighted by Gasteiger charge is -2.34. The number of nitrogens with one attached hydrogen (secondary N) is 1. The number of benzene rings is 1. The van der Waals surface area contributed by atoms with E-state index >= 15 is 0 Å². The van der Waals surface area contributed by atoms with Gasteiger partial charge < -0.3 is 10.1 Å². The normalized spacial score (nSPS) is 25.5. The minimum Gasteiger partial charge on any atom is -0.378 e. The van der Waals surface area contributed by atoms with Crippen molar-refractivity contribution in [3.05, 3.63) is 35.4 Å². The Kier molecular flexibility index (Phi) is 5.00. The molecule has 2 unspecified atom stereocenters. The van der Waals surface area contributed by atoms with Gasteiger partial charge in [-0.15, -0.1) is 0 Å². The van der Waals surface area contributed by atoms with Gasteiger partial charge in [0.15, 0.2) is 0 Å². The van der Waals surface area contributed by atoms with Crippen LogP contribution in [-0.2, 0) is 4.74 Å². The van der Waals surface area contributed by atoms with Crippen LogP contribution >= 0.6 is 0 Å². The molecule has 1 aliphatic heterocycles. The van der Waals surface area contributed by atoms with Crippen molar-refractivity contribution >= 4 is 0 Å². The van der Waals surface area contributed by atoms with Crippen LogP contribution in [0.4, 0.5) is 0 Å². The molecule has 0 bridgehead atoms. The second kappa shape index (κ2) is 6.53. The summed E-state index contributed by atoms with van der Waals surface area (Å²) >= 11 is 0. The molecule has 2 nitrogen and oxygen atoms in total. The molecule has 0 amide bonds. The number of hydrogen-bond acceptors (Lipinski definition) is 2. The SMILES string of the molecule is Cc1ccc([C@@H](C)NC2CCOC(C(C)C)C2)cc1. The highest BCUT2D eigenvalue weighted by atomic mass is 16.5. The highest BCUT2D eigenvalue weighted by molar-refractivity contribution is 5.23. The third kappa shape index (κ3) is 4.05. The van der Waals surface area contributed by atoms with Crippen LogP contribution in [0.3, 0.4) is 0 Å². The molecule has 1 aromatic rings. The molecule has 2 rings (SSSR count). The Bertz CT molecular complexity index is 385. The lowest BCUT2D eigenvalue weighted by Crippen LogP contribution is -2.41. The number of ether oxygens (including phenoxy) is 1. The molecular formula is C17H27NO. The number of rotatable bonds is 4. The van der Waals surface area contributed by atoms with Gasteiger partial charge >= 0.3 is 0 Å². The Balaban J connectivity index is 1.91. The number of aryl methyl sites for hydroxylation is 1. The van der Waals surface area contributed by atoms with Gasteiger partial charge in [-0.3, -0.25) is 0 Å². The molecule has 1 fully saturated rings. The van der Waals surface area contributed by atoms with Crippen LogP contribution in [0.2, 0.25) is 0 Å². The minimum absolute atomic E-state index is 0.413. The van der Waals surface area contributed by atoms with Gasteiger partial charge in [-0.2, -0.15) is 0 Å². The van der Waals surface area contributed by atoms with E-state index in [1.54, 1.807) is 0 Å². The summed E-state index contributed by atoms with van der Waals surface area (Å²) in [6.45, 7) is 9.77. The molecule has 1 aliphatic rings. The molecule has 1 heterocycles. The van der Waals surface area contributed by atoms with Crippen LogP contribution in [0.15, 0.2) is 24.3 Å². The summed E-state index contributed by atoms with van der Waals surface area (Å²) in [5.41, 5.74) is 2.69. The molecule has 106 valence electrons. The molecule has 1 aromatic carbocycles. The van der Waals surface area contributed by atoms with Gasteiger partial charge in [-0.25, -0.2) is 0 Å². The maximum atomic E-state index is 5.83. The second-order valence-electron chi connectivity index (χ2n) is 6.17. The summed E-state index contributed by atoms with van der Waals surface area (Å²) in [4.78, 5) is 0. The van der Waals surface area contributed by atoms with Crippen molar-refractivity contribution in [2.75, 3.05) is 6.61 Å². The zero-order chi connectivity index (χ0) is 13.8. The van der Waals surface area contributed by atoms with Crippen LogP contribution in [0.5, 0.6) is 0 Å². The van der Waals surface area contributed by atoms with Gasteiger partial charge in [-0.1, -0.05) is 43.7 Å². The molecule has 0 aliphatic carbocycles. The molecule has 19 heavy (non-hydrogen) atoms. The standard InChI is InChI=1S/C17H27NO/c1-12(2)17-11-16(9-10-19-17)18-14(4)15-7-5-13(3)6-8-15/h5-8,12,14,16-18H,9-11H2,1-4H3/t14-,16?,17?/m1/s1. The average molecular weight is 261 g/mol. The zero-order valence-electron chi connectivity index (χ0n) is 12.6. The van der Waals surface area contributed by atoms with Gasteiger partial charge in [-0.05, 0) is 38.2 Å². The van der Waals surface area contributed by atoms with E-state index < -0.39 is 0 Å². The van der Waals surface area contributed by atoms with E-state index in [1.807, 2.05) is 0 Å². The van der Waals surface area contributed by atoms with E-state index in [4.69, 9.17) is 4.74 Å². The first kappa shape index (κ1) is 14.5. The summed E-state index contributed by atoms with van der Waals surface area (Å²) in [7, 11) is 0. The number of hydrogen-bond donors (Lipinski definition) is 1. The minimum atomic E-state index is 0.413. The molecule has 1 saturated heterocycles. The Morgan fingerprint density at radius 2 is 1.84 bits per heavy atom. The molecule has 0 aromatic heterocycles. The highest BCUT2D eigenvalue weighted by Crippen LogP contribution is 2.23. The summed E-state index contributed by atoms with van der Waals surface area (Å²) in [5.74, 6) is 0.610. The predicted octanol–water partition coefficient (Wildman–Crippen LogP) is 3.85. The van der Waals surface area contributed by atoms with Crippen molar-refractivity contribution in [2.45, 2.75) is 58.7 Å². The van der Waals surface area contributed by atoms with Gasteiger partial charge in [0.1, 0.15) is 0 Å². The van der Waals surface area contributed by atoms with Crippen molar-refractivity contribution in [1.29, 1.82) is 0 Å². The monoisotopic (exact) mass is 261 g/mol. The first-order chi connectivity index (χ1) is 9.06. The van der Waals surface area contributed by atoms with Crippen LogP contribution in [0, 0.1) is 12.8 Å². The maximum Gasteiger partial charge on any atom is 0.0612 e. The zero-order valence-corrected chi connectivity index (χ0v) is 12.6. The van der Waals surface area contributed by atoms with Crippen molar-refractivity contribution in [1.82, 2.24) is 5.32 Å². The fourth-order valence-electron chi connectivity index (χ4n) is 2.75. The molecule has 3 atom stereocenters. The summed E-state index contributed by atoms with van der Waals surface area (Å²) in [5, 5.41) is 3.76. The second-order valence-corrected chi connectivity index (χ2v) is 6.17. The first-order valence-electron chi connectivity index (χ1n) is 7.50. The maximum absolute atomic E-state index is 5.83. The molecule has 0 saturated carbocycles. The van der Waals surface area contributed by atoms with Gasteiger partial charge in [0.2, 0.25) is 0 Å². The Morgan fingerprint density at radius 3 is 2.47 bits per heavy atom. The quantitative estimate of drug-likeness (QED) is 0.889. The topological polar surface area (TPSA) is 21.3 Å².